The maximum Gasteiger partial charge on any atom is 0.230 e. The van der Waals surface area contributed by atoms with Crippen LogP contribution in [0.5, 0.6) is 0 Å². The van der Waals surface area contributed by atoms with Crippen molar-refractivity contribution in [1.29, 1.82) is 0 Å². The third-order valence-electron chi connectivity index (χ3n) is 3.37. The highest BCUT2D eigenvalue weighted by atomic mass is 32.1. The highest BCUT2D eigenvalue weighted by Gasteiger charge is 2.09. The Balaban J connectivity index is 1.89. The van der Waals surface area contributed by atoms with Crippen LogP contribution in [0.2, 0.25) is 0 Å². The topological polar surface area (TPSA) is 70.2 Å². The molecule has 2 amide bonds. The minimum atomic E-state index is -0.187. The van der Waals surface area contributed by atoms with Crippen molar-refractivity contribution in [2.24, 2.45) is 5.92 Å². The molecular formula is C19H21N3O2S. The Morgan fingerprint density at radius 1 is 0.960 bits per heavy atom. The lowest BCUT2D eigenvalue weighted by atomic mass is 10.1. The second-order valence-electron chi connectivity index (χ2n) is 5.89. The van der Waals surface area contributed by atoms with E-state index in [4.69, 9.17) is 12.2 Å². The first-order valence-corrected chi connectivity index (χ1v) is 8.40. The van der Waals surface area contributed by atoms with Crippen LogP contribution < -0.4 is 16.0 Å². The Bertz CT molecular complexity index is 760. The van der Waals surface area contributed by atoms with Crippen LogP contribution in [0, 0.1) is 5.92 Å². The Morgan fingerprint density at radius 3 is 2.24 bits per heavy atom. The largest absolute Gasteiger partial charge is 0.332 e. The lowest BCUT2D eigenvalue weighted by molar-refractivity contribution is -0.119. The molecule has 5 nitrogen and oxygen atoms in total. The van der Waals surface area contributed by atoms with E-state index in [1.54, 1.807) is 24.3 Å². The average Bonchev–Trinajstić information content (AvgIpc) is 2.55. The van der Waals surface area contributed by atoms with Crippen molar-refractivity contribution in [3.63, 3.8) is 0 Å². The van der Waals surface area contributed by atoms with E-state index < -0.39 is 0 Å². The summed E-state index contributed by atoms with van der Waals surface area (Å²) in [5, 5.41) is 8.63. The standard InChI is InChI=1S/C19H21N3O2S/c1-13(2)18(24)20-15-9-6-10-16(12-15)21-19(25)22-17(23)11-14-7-4-3-5-8-14/h3-10,12-13H,11H2,1-2H3,(H,20,24)(H2,21,22,23,25). The fourth-order valence-electron chi connectivity index (χ4n) is 2.08. The highest BCUT2D eigenvalue weighted by Crippen LogP contribution is 2.16. The van der Waals surface area contributed by atoms with E-state index in [-0.39, 0.29) is 29.3 Å². The predicted molar refractivity (Wildman–Crippen MR) is 104 cm³/mol. The van der Waals surface area contributed by atoms with Crippen LogP contribution in [-0.4, -0.2) is 16.9 Å². The number of thiocarbonyl (C=S) groups is 1. The number of rotatable bonds is 5. The Hall–Kier alpha value is -2.73. The monoisotopic (exact) mass is 355 g/mol. The minimum absolute atomic E-state index is 0.0594. The quantitative estimate of drug-likeness (QED) is 0.720. The Morgan fingerprint density at radius 2 is 1.60 bits per heavy atom. The number of amides is 2. The second-order valence-corrected chi connectivity index (χ2v) is 6.30. The molecule has 0 aliphatic carbocycles. The zero-order chi connectivity index (χ0) is 18.2. The average molecular weight is 355 g/mol. The van der Waals surface area contributed by atoms with E-state index in [9.17, 15) is 9.59 Å². The first kappa shape index (κ1) is 18.6. The molecule has 2 aromatic carbocycles. The van der Waals surface area contributed by atoms with Crippen LogP contribution in [-0.2, 0) is 16.0 Å². The summed E-state index contributed by atoms with van der Waals surface area (Å²) in [7, 11) is 0. The number of carbonyl (C=O) groups excluding carboxylic acids is 2. The van der Waals surface area contributed by atoms with E-state index in [0.717, 1.165) is 5.56 Å². The van der Waals surface area contributed by atoms with Crippen molar-refractivity contribution in [3.05, 3.63) is 60.2 Å². The lowest BCUT2D eigenvalue weighted by Gasteiger charge is -2.12. The van der Waals surface area contributed by atoms with Gasteiger partial charge in [-0.2, -0.15) is 0 Å². The zero-order valence-electron chi connectivity index (χ0n) is 14.2. The number of hydrogen-bond donors (Lipinski definition) is 3. The van der Waals surface area contributed by atoms with E-state index >= 15 is 0 Å². The summed E-state index contributed by atoms with van der Waals surface area (Å²) in [4.78, 5) is 23.8. The number of anilines is 2. The summed E-state index contributed by atoms with van der Waals surface area (Å²) in [5.74, 6) is -0.348. The van der Waals surface area contributed by atoms with Crippen molar-refractivity contribution in [1.82, 2.24) is 5.32 Å². The molecule has 0 unspecified atom stereocenters. The van der Waals surface area contributed by atoms with Crippen molar-refractivity contribution < 1.29 is 9.59 Å². The van der Waals surface area contributed by atoms with Crippen molar-refractivity contribution in [2.45, 2.75) is 20.3 Å². The SMILES string of the molecule is CC(C)C(=O)Nc1cccc(NC(=S)NC(=O)Cc2ccccc2)c1. The van der Waals surface area contributed by atoms with Gasteiger partial charge in [-0.3, -0.25) is 9.59 Å². The van der Waals surface area contributed by atoms with Crippen LogP contribution in [0.3, 0.4) is 0 Å². The maximum atomic E-state index is 12.0. The van der Waals surface area contributed by atoms with E-state index in [1.165, 1.54) is 0 Å². The van der Waals surface area contributed by atoms with Gasteiger partial charge in [-0.25, -0.2) is 0 Å². The van der Waals surface area contributed by atoms with Crippen LogP contribution in [0.1, 0.15) is 19.4 Å². The molecule has 0 saturated carbocycles. The zero-order valence-corrected chi connectivity index (χ0v) is 15.0. The molecule has 0 heterocycles. The molecule has 0 bridgehead atoms. The molecule has 2 rings (SSSR count). The molecule has 6 heteroatoms. The summed E-state index contributed by atoms with van der Waals surface area (Å²) in [5.41, 5.74) is 2.27. The molecule has 3 N–H and O–H groups in total. The smallest absolute Gasteiger partial charge is 0.230 e. The molecule has 130 valence electrons. The fraction of sp³-hybridized carbons (Fsp3) is 0.211. The summed E-state index contributed by atoms with van der Waals surface area (Å²) in [6.45, 7) is 3.66. The number of benzene rings is 2. The molecule has 0 radical (unpaired) electrons. The van der Waals surface area contributed by atoms with E-state index in [1.807, 2.05) is 44.2 Å². The van der Waals surface area contributed by atoms with Crippen LogP contribution >= 0.6 is 12.2 Å². The van der Waals surface area contributed by atoms with Gasteiger partial charge in [-0.1, -0.05) is 50.2 Å². The first-order chi connectivity index (χ1) is 11.9. The van der Waals surface area contributed by atoms with Gasteiger partial charge in [0.25, 0.3) is 0 Å². The van der Waals surface area contributed by atoms with Crippen molar-refractivity contribution in [3.8, 4) is 0 Å². The predicted octanol–water partition coefficient (Wildman–Crippen LogP) is 3.34. The fourth-order valence-corrected chi connectivity index (χ4v) is 2.31. The van der Waals surface area contributed by atoms with Gasteiger partial charge in [0.15, 0.2) is 5.11 Å². The van der Waals surface area contributed by atoms with Crippen LogP contribution in [0.15, 0.2) is 54.6 Å². The molecule has 0 aliphatic rings. The Kier molecular flexibility index (Phi) is 6.65. The van der Waals surface area contributed by atoms with Crippen molar-refractivity contribution >= 4 is 40.5 Å². The van der Waals surface area contributed by atoms with E-state index in [2.05, 4.69) is 16.0 Å². The molecule has 0 atom stereocenters. The van der Waals surface area contributed by atoms with Crippen LogP contribution in [0.25, 0.3) is 0 Å². The summed E-state index contributed by atoms with van der Waals surface area (Å²) in [6.07, 6.45) is 0.257. The molecule has 25 heavy (non-hydrogen) atoms. The normalized spacial score (nSPS) is 10.2. The van der Waals surface area contributed by atoms with Gasteiger partial charge in [0.2, 0.25) is 11.8 Å². The molecule has 0 spiro atoms. The molecule has 0 saturated heterocycles. The highest BCUT2D eigenvalue weighted by molar-refractivity contribution is 7.80. The molecule has 0 aromatic heterocycles. The summed E-state index contributed by atoms with van der Waals surface area (Å²) in [6, 6.07) is 16.6. The minimum Gasteiger partial charge on any atom is -0.332 e. The van der Waals surface area contributed by atoms with Gasteiger partial charge in [0, 0.05) is 17.3 Å². The van der Waals surface area contributed by atoms with Gasteiger partial charge in [0.1, 0.15) is 0 Å². The molecule has 2 aromatic rings. The molecular weight excluding hydrogens is 334 g/mol. The Labute approximate surface area is 152 Å². The van der Waals surface area contributed by atoms with Gasteiger partial charge in [-0.15, -0.1) is 0 Å². The number of hydrogen-bond acceptors (Lipinski definition) is 3. The second kappa shape index (κ2) is 8.94. The summed E-state index contributed by atoms with van der Waals surface area (Å²) >= 11 is 5.17. The number of nitrogens with one attached hydrogen (secondary N) is 3. The molecule has 0 fully saturated rings. The van der Waals surface area contributed by atoms with Gasteiger partial charge >= 0.3 is 0 Å². The molecule has 0 aliphatic heterocycles. The summed E-state index contributed by atoms with van der Waals surface area (Å²) < 4.78 is 0. The number of carbonyl (C=O) groups is 2. The third-order valence-corrected chi connectivity index (χ3v) is 3.58. The van der Waals surface area contributed by atoms with Crippen LogP contribution in [0.4, 0.5) is 11.4 Å². The lowest BCUT2D eigenvalue weighted by Crippen LogP contribution is -2.35. The van der Waals surface area contributed by atoms with Crippen molar-refractivity contribution in [2.75, 3.05) is 10.6 Å². The maximum absolute atomic E-state index is 12.0. The van der Waals surface area contributed by atoms with Gasteiger partial charge < -0.3 is 16.0 Å². The van der Waals surface area contributed by atoms with E-state index in [0.29, 0.717) is 11.4 Å². The third kappa shape index (κ3) is 6.35. The first-order valence-electron chi connectivity index (χ1n) is 7.99. The van der Waals surface area contributed by atoms with Gasteiger partial charge in [-0.05, 0) is 36.0 Å². The van der Waals surface area contributed by atoms with Gasteiger partial charge in [0.05, 0.1) is 6.42 Å².